The van der Waals surface area contributed by atoms with Crippen molar-refractivity contribution >= 4 is 0 Å². The molecule has 0 radical (unpaired) electrons. The highest BCUT2D eigenvalue weighted by Gasteiger charge is 1.94. The first kappa shape index (κ1) is 19.1. The number of ether oxygens (including phenoxy) is 2. The summed E-state index contributed by atoms with van der Waals surface area (Å²) in [5, 5.41) is 25.6. The van der Waals surface area contributed by atoms with E-state index in [4.69, 9.17) is 24.8 Å². The SMILES string of the molecule is OCCOCCOCCO.Oc1ccc(-c2ccccc2)cc1. The maximum Gasteiger partial charge on any atom is 0.115 e. The first-order valence-electron chi connectivity index (χ1n) is 7.49. The quantitative estimate of drug-likeness (QED) is 0.649. The Balaban J connectivity index is 0.000000241. The van der Waals surface area contributed by atoms with E-state index in [9.17, 15) is 0 Å². The molecule has 0 aliphatic heterocycles. The molecule has 0 atom stereocenters. The Morgan fingerprint density at radius 3 is 1.57 bits per heavy atom. The Kier molecular flexibility index (Phi) is 10.5. The number of aromatic hydroxyl groups is 1. The van der Waals surface area contributed by atoms with Crippen molar-refractivity contribution in [2.75, 3.05) is 39.6 Å². The zero-order valence-electron chi connectivity index (χ0n) is 13.1. The molecule has 0 spiro atoms. The van der Waals surface area contributed by atoms with E-state index in [2.05, 4.69) is 0 Å². The van der Waals surface area contributed by atoms with Gasteiger partial charge in [0.15, 0.2) is 0 Å². The molecule has 3 N–H and O–H groups in total. The molecule has 2 rings (SSSR count). The van der Waals surface area contributed by atoms with Crippen molar-refractivity contribution in [3.8, 4) is 16.9 Å². The molecule has 0 aromatic heterocycles. The molecule has 0 heterocycles. The monoisotopic (exact) mass is 320 g/mol. The minimum atomic E-state index is 0.0417. The van der Waals surface area contributed by atoms with Crippen LogP contribution in [0.4, 0.5) is 0 Å². The third kappa shape index (κ3) is 8.95. The van der Waals surface area contributed by atoms with Crippen LogP contribution in [0.1, 0.15) is 0 Å². The van der Waals surface area contributed by atoms with Gasteiger partial charge in [0.1, 0.15) is 5.75 Å². The van der Waals surface area contributed by atoms with Gasteiger partial charge in [-0.3, -0.25) is 0 Å². The standard InChI is InChI=1S/C12H10O.C6H14O4/c13-12-8-6-11(7-9-12)10-4-2-1-3-5-10;7-1-3-9-5-6-10-4-2-8/h1-9,13H;7-8H,1-6H2. The van der Waals surface area contributed by atoms with Crippen LogP contribution < -0.4 is 0 Å². The summed E-state index contributed by atoms with van der Waals surface area (Å²) >= 11 is 0. The molecule has 0 fully saturated rings. The van der Waals surface area contributed by atoms with Crippen LogP contribution >= 0.6 is 0 Å². The fourth-order valence-corrected chi connectivity index (χ4v) is 1.74. The summed E-state index contributed by atoms with van der Waals surface area (Å²) < 4.78 is 9.75. The average Bonchev–Trinajstić information content (AvgIpc) is 2.60. The van der Waals surface area contributed by atoms with Crippen LogP contribution in [0.2, 0.25) is 0 Å². The molecule has 0 saturated carbocycles. The Bertz CT molecular complexity index is 491. The van der Waals surface area contributed by atoms with E-state index in [1.54, 1.807) is 12.1 Å². The fourth-order valence-electron chi connectivity index (χ4n) is 1.74. The van der Waals surface area contributed by atoms with Crippen LogP contribution in [0.3, 0.4) is 0 Å². The van der Waals surface area contributed by atoms with Gasteiger partial charge in [-0.25, -0.2) is 0 Å². The number of aliphatic hydroxyl groups is 2. The zero-order chi connectivity index (χ0) is 16.8. The van der Waals surface area contributed by atoms with Crippen molar-refractivity contribution in [3.63, 3.8) is 0 Å². The topological polar surface area (TPSA) is 79.2 Å². The predicted octanol–water partition coefficient (Wildman–Crippen LogP) is 2.06. The molecule has 2 aromatic carbocycles. The molecule has 0 unspecified atom stereocenters. The highest BCUT2D eigenvalue weighted by atomic mass is 16.5. The molecule has 2 aromatic rings. The van der Waals surface area contributed by atoms with Crippen LogP contribution in [-0.4, -0.2) is 55.0 Å². The molecular weight excluding hydrogens is 296 g/mol. The van der Waals surface area contributed by atoms with Crippen molar-refractivity contribution < 1.29 is 24.8 Å². The lowest BCUT2D eigenvalue weighted by Gasteiger charge is -2.01. The largest absolute Gasteiger partial charge is 0.508 e. The highest BCUT2D eigenvalue weighted by Crippen LogP contribution is 2.20. The lowest BCUT2D eigenvalue weighted by Crippen LogP contribution is -2.09. The predicted molar refractivity (Wildman–Crippen MR) is 89.4 cm³/mol. The van der Waals surface area contributed by atoms with Gasteiger partial charge < -0.3 is 24.8 Å². The molecule has 0 saturated heterocycles. The van der Waals surface area contributed by atoms with Gasteiger partial charge >= 0.3 is 0 Å². The number of hydrogen-bond acceptors (Lipinski definition) is 5. The normalized spacial score (nSPS) is 10.0. The van der Waals surface area contributed by atoms with Gasteiger partial charge in [0.05, 0.1) is 39.6 Å². The Hall–Kier alpha value is -1.92. The first-order chi connectivity index (χ1) is 11.3. The second kappa shape index (κ2) is 12.6. The second-order valence-corrected chi connectivity index (χ2v) is 4.58. The number of aliphatic hydroxyl groups excluding tert-OH is 2. The summed E-state index contributed by atoms with van der Waals surface area (Å²) in [6, 6.07) is 17.3. The molecule has 0 aliphatic carbocycles. The Labute approximate surface area is 136 Å². The number of phenolic OH excluding ortho intramolecular Hbond substituents is 1. The van der Waals surface area contributed by atoms with Crippen LogP contribution in [-0.2, 0) is 9.47 Å². The summed E-state index contributed by atoms with van der Waals surface area (Å²) in [4.78, 5) is 0. The molecular formula is C18H24O5. The van der Waals surface area contributed by atoms with Crippen molar-refractivity contribution in [2.24, 2.45) is 0 Å². The van der Waals surface area contributed by atoms with E-state index in [0.29, 0.717) is 32.2 Å². The lowest BCUT2D eigenvalue weighted by atomic mass is 10.1. The fraction of sp³-hybridized carbons (Fsp3) is 0.333. The Morgan fingerprint density at radius 2 is 1.09 bits per heavy atom. The molecule has 0 bridgehead atoms. The van der Waals surface area contributed by atoms with Gasteiger partial charge in [0.25, 0.3) is 0 Å². The smallest absolute Gasteiger partial charge is 0.115 e. The third-order valence-corrected chi connectivity index (χ3v) is 2.82. The van der Waals surface area contributed by atoms with Crippen molar-refractivity contribution in [3.05, 3.63) is 54.6 Å². The van der Waals surface area contributed by atoms with Crippen LogP contribution in [0.25, 0.3) is 11.1 Å². The van der Waals surface area contributed by atoms with E-state index in [-0.39, 0.29) is 13.2 Å². The Morgan fingerprint density at radius 1 is 0.609 bits per heavy atom. The minimum Gasteiger partial charge on any atom is -0.508 e. The average molecular weight is 320 g/mol. The van der Waals surface area contributed by atoms with Crippen LogP contribution in [0.15, 0.2) is 54.6 Å². The van der Waals surface area contributed by atoms with E-state index < -0.39 is 0 Å². The van der Waals surface area contributed by atoms with Gasteiger partial charge in [-0.05, 0) is 23.3 Å². The van der Waals surface area contributed by atoms with Crippen molar-refractivity contribution in [1.82, 2.24) is 0 Å². The van der Waals surface area contributed by atoms with Crippen LogP contribution in [0, 0.1) is 0 Å². The van der Waals surface area contributed by atoms with Crippen LogP contribution in [0.5, 0.6) is 5.75 Å². The number of rotatable bonds is 8. The summed E-state index contributed by atoms with van der Waals surface area (Å²) in [6.45, 7) is 1.73. The summed E-state index contributed by atoms with van der Waals surface area (Å²) in [6.07, 6.45) is 0. The molecule has 5 nitrogen and oxygen atoms in total. The summed E-state index contributed by atoms with van der Waals surface area (Å²) in [5.41, 5.74) is 2.29. The van der Waals surface area contributed by atoms with Crippen molar-refractivity contribution in [1.29, 1.82) is 0 Å². The number of hydrogen-bond donors (Lipinski definition) is 3. The molecule has 0 amide bonds. The van der Waals surface area contributed by atoms with Gasteiger partial charge in [-0.15, -0.1) is 0 Å². The maximum absolute atomic E-state index is 9.10. The van der Waals surface area contributed by atoms with E-state index in [1.165, 1.54) is 5.56 Å². The lowest BCUT2D eigenvalue weighted by molar-refractivity contribution is 0.0222. The maximum atomic E-state index is 9.10. The molecule has 126 valence electrons. The van der Waals surface area contributed by atoms with Gasteiger partial charge in [0.2, 0.25) is 0 Å². The number of phenols is 1. The minimum absolute atomic E-state index is 0.0417. The summed E-state index contributed by atoms with van der Waals surface area (Å²) in [7, 11) is 0. The van der Waals surface area contributed by atoms with E-state index in [1.807, 2.05) is 42.5 Å². The van der Waals surface area contributed by atoms with E-state index >= 15 is 0 Å². The molecule has 5 heteroatoms. The van der Waals surface area contributed by atoms with Gasteiger partial charge in [-0.1, -0.05) is 42.5 Å². The van der Waals surface area contributed by atoms with E-state index in [0.717, 1.165) is 5.56 Å². The first-order valence-corrected chi connectivity index (χ1v) is 7.49. The second-order valence-electron chi connectivity index (χ2n) is 4.58. The zero-order valence-corrected chi connectivity index (χ0v) is 13.1. The third-order valence-electron chi connectivity index (χ3n) is 2.82. The molecule has 0 aliphatic rings. The highest BCUT2D eigenvalue weighted by molar-refractivity contribution is 5.63. The summed E-state index contributed by atoms with van der Waals surface area (Å²) in [5.74, 6) is 0.305. The van der Waals surface area contributed by atoms with Crippen molar-refractivity contribution in [2.45, 2.75) is 0 Å². The molecule has 23 heavy (non-hydrogen) atoms. The van der Waals surface area contributed by atoms with Gasteiger partial charge in [-0.2, -0.15) is 0 Å². The number of benzene rings is 2. The van der Waals surface area contributed by atoms with Gasteiger partial charge in [0, 0.05) is 0 Å².